The smallest absolute Gasteiger partial charge is 0.190 e. The summed E-state index contributed by atoms with van der Waals surface area (Å²) in [5, 5.41) is 0.687. The van der Waals surface area contributed by atoms with Gasteiger partial charge in [-0.2, -0.15) is 0 Å². The summed E-state index contributed by atoms with van der Waals surface area (Å²) in [5.74, 6) is 1.26. The highest BCUT2D eigenvalue weighted by Crippen LogP contribution is 2.14. The minimum atomic E-state index is 0.504. The number of hydrogen-bond donors (Lipinski definition) is 1. The van der Waals surface area contributed by atoms with Crippen molar-refractivity contribution in [3.8, 4) is 0 Å². The topological polar surface area (TPSA) is 51.8 Å². The number of nitrogen functional groups attached to an aromatic ring is 1. The zero-order chi connectivity index (χ0) is 9.68. The number of rotatable bonds is 3. The number of aryl methyl sites for hydroxylation is 1. The first-order valence-electron chi connectivity index (χ1n) is 3.71. The lowest BCUT2D eigenvalue weighted by atomic mass is 10.4. The van der Waals surface area contributed by atoms with Gasteiger partial charge >= 0.3 is 0 Å². The summed E-state index contributed by atoms with van der Waals surface area (Å²) in [4.78, 5) is 8.26. The quantitative estimate of drug-likeness (QED) is 0.621. The molecule has 13 heavy (non-hydrogen) atoms. The highest BCUT2D eigenvalue weighted by atomic mass is 35.5. The van der Waals surface area contributed by atoms with Crippen molar-refractivity contribution < 1.29 is 0 Å². The molecular weight excluding hydrogens is 206 g/mol. The first kappa shape index (κ1) is 10.3. The van der Waals surface area contributed by atoms with Crippen molar-refractivity contribution in [1.29, 1.82) is 0 Å². The van der Waals surface area contributed by atoms with E-state index in [-0.39, 0.29) is 0 Å². The standard InChI is InChI=1S/C8H10ClN3S/c1-6-5-7(10)12-8(11-6)13-4-2-3-9/h2-3,5H,4H2,1H3,(H2,10,11,12)/b3-2+. The Morgan fingerprint density at radius 2 is 2.38 bits per heavy atom. The van der Waals surface area contributed by atoms with E-state index in [1.807, 2.05) is 13.0 Å². The molecule has 0 radical (unpaired) electrons. The summed E-state index contributed by atoms with van der Waals surface area (Å²) in [6.45, 7) is 1.89. The number of nitrogens with zero attached hydrogens (tertiary/aromatic N) is 2. The lowest BCUT2D eigenvalue weighted by Gasteiger charge is -1.99. The molecule has 1 aromatic heterocycles. The zero-order valence-electron chi connectivity index (χ0n) is 7.20. The van der Waals surface area contributed by atoms with Gasteiger partial charge in [0.25, 0.3) is 0 Å². The van der Waals surface area contributed by atoms with Gasteiger partial charge in [-0.05, 0) is 6.92 Å². The van der Waals surface area contributed by atoms with E-state index in [1.165, 1.54) is 17.3 Å². The minimum Gasteiger partial charge on any atom is -0.384 e. The van der Waals surface area contributed by atoms with Crippen LogP contribution in [0, 0.1) is 6.92 Å². The molecule has 0 aromatic carbocycles. The van der Waals surface area contributed by atoms with Crippen LogP contribution >= 0.6 is 23.4 Å². The highest BCUT2D eigenvalue weighted by Gasteiger charge is 1.98. The molecule has 0 amide bonds. The van der Waals surface area contributed by atoms with Gasteiger partial charge in [0.15, 0.2) is 5.16 Å². The van der Waals surface area contributed by atoms with E-state index in [9.17, 15) is 0 Å². The zero-order valence-corrected chi connectivity index (χ0v) is 8.77. The van der Waals surface area contributed by atoms with Crippen molar-refractivity contribution in [2.75, 3.05) is 11.5 Å². The first-order chi connectivity index (χ1) is 6.22. The molecule has 0 saturated heterocycles. The van der Waals surface area contributed by atoms with Crippen molar-refractivity contribution in [3.05, 3.63) is 23.4 Å². The summed E-state index contributed by atoms with van der Waals surface area (Å²) in [6.07, 6.45) is 1.83. The Morgan fingerprint density at radius 1 is 1.62 bits per heavy atom. The molecule has 0 aliphatic rings. The summed E-state index contributed by atoms with van der Waals surface area (Å²) >= 11 is 6.87. The molecule has 1 heterocycles. The van der Waals surface area contributed by atoms with E-state index < -0.39 is 0 Å². The molecule has 0 aliphatic heterocycles. The third-order valence-electron chi connectivity index (χ3n) is 1.25. The number of hydrogen-bond acceptors (Lipinski definition) is 4. The molecule has 1 aromatic rings. The van der Waals surface area contributed by atoms with Gasteiger partial charge < -0.3 is 5.73 Å². The molecule has 2 N–H and O–H groups in total. The van der Waals surface area contributed by atoms with E-state index in [0.29, 0.717) is 11.0 Å². The van der Waals surface area contributed by atoms with Crippen molar-refractivity contribution in [2.24, 2.45) is 0 Å². The fraction of sp³-hybridized carbons (Fsp3) is 0.250. The average molecular weight is 216 g/mol. The van der Waals surface area contributed by atoms with Gasteiger partial charge in [-0.1, -0.05) is 29.4 Å². The fourth-order valence-corrected chi connectivity index (χ4v) is 1.70. The van der Waals surface area contributed by atoms with Crippen molar-refractivity contribution in [1.82, 2.24) is 9.97 Å². The Balaban J connectivity index is 2.66. The van der Waals surface area contributed by atoms with Crippen LogP contribution in [0.15, 0.2) is 22.8 Å². The largest absolute Gasteiger partial charge is 0.384 e. The lowest BCUT2D eigenvalue weighted by molar-refractivity contribution is 0.942. The van der Waals surface area contributed by atoms with Crippen LogP contribution in [0.3, 0.4) is 0 Å². The molecule has 0 spiro atoms. The predicted molar refractivity (Wildman–Crippen MR) is 56.9 cm³/mol. The number of nitrogens with two attached hydrogens (primary N) is 1. The second kappa shape index (κ2) is 5.09. The van der Waals surface area contributed by atoms with Gasteiger partial charge in [0.1, 0.15) is 5.82 Å². The van der Waals surface area contributed by atoms with Gasteiger partial charge in [0, 0.05) is 23.0 Å². The van der Waals surface area contributed by atoms with Crippen LogP contribution in [0.5, 0.6) is 0 Å². The minimum absolute atomic E-state index is 0.504. The Morgan fingerprint density at radius 3 is 3.00 bits per heavy atom. The molecule has 0 saturated carbocycles. The highest BCUT2D eigenvalue weighted by molar-refractivity contribution is 7.99. The molecule has 5 heteroatoms. The molecule has 70 valence electrons. The Kier molecular flexibility index (Phi) is 4.05. The Hall–Kier alpha value is -0.740. The molecule has 0 atom stereocenters. The number of halogens is 1. The van der Waals surface area contributed by atoms with Crippen molar-refractivity contribution in [3.63, 3.8) is 0 Å². The van der Waals surface area contributed by atoms with E-state index in [2.05, 4.69) is 9.97 Å². The maximum Gasteiger partial charge on any atom is 0.190 e. The number of thioether (sulfide) groups is 1. The monoisotopic (exact) mass is 215 g/mol. The van der Waals surface area contributed by atoms with Gasteiger partial charge in [0.05, 0.1) is 0 Å². The van der Waals surface area contributed by atoms with Gasteiger partial charge in [-0.25, -0.2) is 9.97 Å². The van der Waals surface area contributed by atoms with Crippen LogP contribution in [0.25, 0.3) is 0 Å². The maximum absolute atomic E-state index is 5.56. The second-order valence-electron chi connectivity index (χ2n) is 2.39. The maximum atomic E-state index is 5.56. The van der Waals surface area contributed by atoms with Crippen LogP contribution in [0.1, 0.15) is 5.69 Å². The van der Waals surface area contributed by atoms with Crippen LogP contribution in [0.2, 0.25) is 0 Å². The van der Waals surface area contributed by atoms with Crippen LogP contribution in [0.4, 0.5) is 5.82 Å². The number of aromatic nitrogens is 2. The van der Waals surface area contributed by atoms with E-state index >= 15 is 0 Å². The summed E-state index contributed by atoms with van der Waals surface area (Å²) in [7, 11) is 0. The summed E-state index contributed by atoms with van der Waals surface area (Å²) in [6, 6.07) is 1.74. The Bertz CT molecular complexity index is 294. The van der Waals surface area contributed by atoms with Crippen LogP contribution in [-0.2, 0) is 0 Å². The lowest BCUT2D eigenvalue weighted by Crippen LogP contribution is -1.96. The molecule has 0 fully saturated rings. The molecular formula is C8H10ClN3S. The molecule has 1 rings (SSSR count). The third kappa shape index (κ3) is 3.65. The van der Waals surface area contributed by atoms with Gasteiger partial charge in [-0.15, -0.1) is 0 Å². The summed E-state index contributed by atoms with van der Waals surface area (Å²) in [5.41, 5.74) is 7.91. The SMILES string of the molecule is Cc1cc(N)nc(SC/C=C/Cl)n1. The average Bonchev–Trinajstić information content (AvgIpc) is 2.03. The molecule has 0 aliphatic carbocycles. The molecule has 0 unspecified atom stereocenters. The van der Waals surface area contributed by atoms with Gasteiger partial charge in [-0.3, -0.25) is 0 Å². The van der Waals surface area contributed by atoms with Crippen LogP contribution < -0.4 is 5.73 Å². The third-order valence-corrected chi connectivity index (χ3v) is 2.23. The first-order valence-corrected chi connectivity index (χ1v) is 5.14. The van der Waals surface area contributed by atoms with E-state index in [4.69, 9.17) is 17.3 Å². The number of anilines is 1. The molecule has 0 bridgehead atoms. The summed E-state index contributed by atoms with van der Waals surface area (Å²) < 4.78 is 0. The van der Waals surface area contributed by atoms with Crippen LogP contribution in [-0.4, -0.2) is 15.7 Å². The van der Waals surface area contributed by atoms with E-state index in [1.54, 1.807) is 6.07 Å². The van der Waals surface area contributed by atoms with Crippen molar-refractivity contribution in [2.45, 2.75) is 12.1 Å². The Labute approximate surface area is 86.4 Å². The second-order valence-corrected chi connectivity index (χ2v) is 3.63. The predicted octanol–water partition coefficient (Wildman–Crippen LogP) is 2.21. The molecule has 3 nitrogen and oxygen atoms in total. The van der Waals surface area contributed by atoms with Gasteiger partial charge in [0.2, 0.25) is 0 Å². The normalized spacial score (nSPS) is 10.9. The van der Waals surface area contributed by atoms with E-state index in [0.717, 1.165) is 11.4 Å². The fourth-order valence-electron chi connectivity index (χ4n) is 0.788. The van der Waals surface area contributed by atoms with Crippen molar-refractivity contribution >= 4 is 29.2 Å².